The van der Waals surface area contributed by atoms with Crippen molar-refractivity contribution >= 4 is 27.8 Å². The van der Waals surface area contributed by atoms with Gasteiger partial charge in [0, 0.05) is 29.5 Å². The fourth-order valence-electron chi connectivity index (χ4n) is 3.23. The van der Waals surface area contributed by atoms with E-state index in [9.17, 15) is 9.90 Å². The van der Waals surface area contributed by atoms with Crippen molar-refractivity contribution < 1.29 is 19.4 Å². The zero-order valence-electron chi connectivity index (χ0n) is 14.6. The summed E-state index contributed by atoms with van der Waals surface area (Å²) in [5.74, 6) is -0.926. The zero-order chi connectivity index (χ0) is 17.8. The number of aromatic carboxylic acids is 1. The van der Waals surface area contributed by atoms with Gasteiger partial charge in [-0.3, -0.25) is 0 Å². The number of para-hydroxylation sites is 1. The van der Waals surface area contributed by atoms with E-state index in [2.05, 4.69) is 16.7 Å². The van der Waals surface area contributed by atoms with E-state index < -0.39 is 5.97 Å². The lowest BCUT2D eigenvalue weighted by molar-refractivity contribution is 0.0557. The molecule has 2 aromatic carbocycles. The van der Waals surface area contributed by atoms with Crippen LogP contribution in [0.5, 0.6) is 0 Å². The molecule has 0 fully saturated rings. The Morgan fingerprint density at radius 2 is 1.64 bits per heavy atom. The predicted molar refractivity (Wildman–Crippen MR) is 98.4 cm³/mol. The summed E-state index contributed by atoms with van der Waals surface area (Å²) in [5, 5.41) is 11.5. The van der Waals surface area contributed by atoms with E-state index in [4.69, 9.17) is 9.47 Å². The first-order chi connectivity index (χ1) is 12.2. The summed E-state index contributed by atoms with van der Waals surface area (Å²) in [5.41, 5.74) is 2.23. The first-order valence-corrected chi connectivity index (χ1v) is 8.58. The largest absolute Gasteiger partial charge is 0.478 e. The minimum Gasteiger partial charge on any atom is -0.478 e. The van der Waals surface area contributed by atoms with Crippen LogP contribution in [-0.4, -0.2) is 42.1 Å². The summed E-state index contributed by atoms with van der Waals surface area (Å²) in [4.78, 5) is 11.4. The fraction of sp³-hybridized carbons (Fsp3) is 0.350. The Balaban J connectivity index is 2.23. The molecule has 5 heteroatoms. The van der Waals surface area contributed by atoms with Crippen molar-refractivity contribution in [3.05, 3.63) is 48.0 Å². The van der Waals surface area contributed by atoms with Crippen LogP contribution in [-0.2, 0) is 9.47 Å². The Labute approximate surface area is 146 Å². The highest BCUT2D eigenvalue weighted by Crippen LogP contribution is 2.32. The van der Waals surface area contributed by atoms with Gasteiger partial charge in [-0.1, -0.05) is 24.3 Å². The monoisotopic (exact) mass is 341 g/mol. The van der Waals surface area contributed by atoms with Gasteiger partial charge in [0.25, 0.3) is 0 Å². The van der Waals surface area contributed by atoms with Crippen LogP contribution in [0.25, 0.3) is 21.8 Å². The van der Waals surface area contributed by atoms with Crippen molar-refractivity contribution in [3.63, 3.8) is 0 Å². The van der Waals surface area contributed by atoms with E-state index in [1.54, 1.807) is 12.1 Å². The molecule has 0 aliphatic carbocycles. The number of aromatic nitrogens is 1. The second-order valence-corrected chi connectivity index (χ2v) is 5.90. The van der Waals surface area contributed by atoms with Gasteiger partial charge in [0.15, 0.2) is 0 Å². The van der Waals surface area contributed by atoms with Crippen molar-refractivity contribution in [1.82, 2.24) is 4.57 Å². The Kier molecular flexibility index (Phi) is 5.36. The summed E-state index contributed by atoms with van der Waals surface area (Å²) >= 11 is 0. The smallest absolute Gasteiger partial charge is 0.335 e. The van der Waals surface area contributed by atoms with Crippen LogP contribution in [0, 0.1) is 0 Å². The number of ether oxygens (including phenoxy) is 2. The number of benzene rings is 2. The molecule has 1 N–H and O–H groups in total. The fourth-order valence-corrected chi connectivity index (χ4v) is 3.23. The summed E-state index contributed by atoms with van der Waals surface area (Å²) in [6.45, 7) is 6.21. The highest BCUT2D eigenvalue weighted by molar-refractivity contribution is 6.09. The van der Waals surface area contributed by atoms with Crippen LogP contribution in [0.15, 0.2) is 42.5 Å². The maximum Gasteiger partial charge on any atom is 0.335 e. The van der Waals surface area contributed by atoms with Gasteiger partial charge >= 0.3 is 5.97 Å². The number of fused-ring (bicyclic) bond motifs is 3. The van der Waals surface area contributed by atoms with Gasteiger partial charge in [0.1, 0.15) is 0 Å². The molecule has 1 aromatic heterocycles. The SMILES string of the molecule is CCOCC(COCC)n1c2ccccc2c2ccc(C(=O)O)cc21. The molecule has 1 heterocycles. The standard InChI is InChI=1S/C20H23NO4/c1-3-24-12-15(13-25-4-2)21-18-8-6-5-7-16(18)17-10-9-14(20(22)23)11-19(17)21/h5-11,15H,3-4,12-13H2,1-2H3,(H,22,23). The van der Waals surface area contributed by atoms with Crippen LogP contribution < -0.4 is 0 Å². The molecule has 0 saturated heterocycles. The van der Waals surface area contributed by atoms with Gasteiger partial charge in [-0.25, -0.2) is 4.79 Å². The Hall–Kier alpha value is -2.37. The van der Waals surface area contributed by atoms with Crippen LogP contribution in [0.3, 0.4) is 0 Å². The van der Waals surface area contributed by atoms with Crippen LogP contribution in [0.1, 0.15) is 30.2 Å². The topological polar surface area (TPSA) is 60.7 Å². The molecule has 3 rings (SSSR count). The van der Waals surface area contributed by atoms with Crippen molar-refractivity contribution in [1.29, 1.82) is 0 Å². The van der Waals surface area contributed by atoms with Crippen molar-refractivity contribution in [2.75, 3.05) is 26.4 Å². The second kappa shape index (κ2) is 7.68. The summed E-state index contributed by atoms with van der Waals surface area (Å²) in [6.07, 6.45) is 0. The van der Waals surface area contributed by atoms with Gasteiger partial charge in [-0.05, 0) is 32.0 Å². The Morgan fingerprint density at radius 3 is 2.28 bits per heavy atom. The zero-order valence-corrected chi connectivity index (χ0v) is 14.6. The lowest BCUT2D eigenvalue weighted by Gasteiger charge is -2.21. The van der Waals surface area contributed by atoms with Gasteiger partial charge in [-0.2, -0.15) is 0 Å². The normalized spacial score (nSPS) is 11.6. The molecule has 0 aliphatic rings. The van der Waals surface area contributed by atoms with Gasteiger partial charge in [0.2, 0.25) is 0 Å². The van der Waals surface area contributed by atoms with Crippen molar-refractivity contribution in [2.45, 2.75) is 19.9 Å². The van der Waals surface area contributed by atoms with Crippen LogP contribution in [0.2, 0.25) is 0 Å². The average molecular weight is 341 g/mol. The van der Waals surface area contributed by atoms with Crippen molar-refractivity contribution in [2.24, 2.45) is 0 Å². The van der Waals surface area contributed by atoms with Gasteiger partial charge in [-0.15, -0.1) is 0 Å². The molecule has 0 unspecified atom stereocenters. The molecule has 0 saturated carbocycles. The third kappa shape index (κ3) is 3.38. The van der Waals surface area contributed by atoms with E-state index in [1.165, 1.54) is 0 Å². The summed E-state index contributed by atoms with van der Waals surface area (Å²) in [6, 6.07) is 13.4. The molecular formula is C20H23NO4. The predicted octanol–water partition coefficient (Wildman–Crippen LogP) is 4.11. The molecular weight excluding hydrogens is 318 g/mol. The number of hydrogen-bond acceptors (Lipinski definition) is 3. The number of nitrogens with zero attached hydrogens (tertiary/aromatic N) is 1. The third-order valence-electron chi connectivity index (χ3n) is 4.35. The average Bonchev–Trinajstić information content (AvgIpc) is 2.96. The maximum absolute atomic E-state index is 11.4. The first kappa shape index (κ1) is 17.5. The number of carboxylic acid groups (broad SMARTS) is 1. The molecule has 0 bridgehead atoms. The molecule has 3 aromatic rings. The number of carbonyl (C=O) groups is 1. The molecule has 0 aliphatic heterocycles. The summed E-state index contributed by atoms with van der Waals surface area (Å²) < 4.78 is 13.5. The van der Waals surface area contributed by atoms with Gasteiger partial charge < -0.3 is 19.1 Å². The Morgan fingerprint density at radius 1 is 1.00 bits per heavy atom. The minimum atomic E-state index is -0.926. The molecule has 5 nitrogen and oxygen atoms in total. The van der Waals surface area contributed by atoms with E-state index in [0.717, 1.165) is 21.8 Å². The summed E-state index contributed by atoms with van der Waals surface area (Å²) in [7, 11) is 0. The second-order valence-electron chi connectivity index (χ2n) is 5.90. The molecule has 0 spiro atoms. The third-order valence-corrected chi connectivity index (χ3v) is 4.35. The number of rotatable bonds is 8. The molecule has 0 radical (unpaired) electrons. The highest BCUT2D eigenvalue weighted by Gasteiger charge is 2.20. The minimum absolute atomic E-state index is 0.0219. The van der Waals surface area contributed by atoms with E-state index in [1.807, 2.05) is 32.0 Å². The molecule has 0 atom stereocenters. The van der Waals surface area contributed by atoms with E-state index >= 15 is 0 Å². The molecule has 132 valence electrons. The first-order valence-electron chi connectivity index (χ1n) is 8.58. The quantitative estimate of drug-likeness (QED) is 0.670. The van der Waals surface area contributed by atoms with E-state index in [-0.39, 0.29) is 11.6 Å². The molecule has 0 amide bonds. The lowest BCUT2D eigenvalue weighted by Crippen LogP contribution is -2.21. The highest BCUT2D eigenvalue weighted by atomic mass is 16.5. The van der Waals surface area contributed by atoms with Crippen LogP contribution >= 0.6 is 0 Å². The van der Waals surface area contributed by atoms with E-state index in [0.29, 0.717) is 26.4 Å². The number of carboxylic acids is 1. The molecule has 25 heavy (non-hydrogen) atoms. The van der Waals surface area contributed by atoms with Gasteiger partial charge in [0.05, 0.1) is 30.3 Å². The lowest BCUT2D eigenvalue weighted by atomic mass is 10.1. The van der Waals surface area contributed by atoms with Crippen molar-refractivity contribution in [3.8, 4) is 0 Å². The van der Waals surface area contributed by atoms with Crippen LogP contribution in [0.4, 0.5) is 0 Å². The maximum atomic E-state index is 11.4. The Bertz CT molecular complexity index is 876. The number of hydrogen-bond donors (Lipinski definition) is 1.